The summed E-state index contributed by atoms with van der Waals surface area (Å²) in [4.78, 5) is 31.1. The van der Waals surface area contributed by atoms with Crippen molar-refractivity contribution in [3.8, 4) is 0 Å². The number of nitrogens with one attached hydrogen (secondary N) is 2. The van der Waals surface area contributed by atoms with Crippen molar-refractivity contribution >= 4 is 33.9 Å². The summed E-state index contributed by atoms with van der Waals surface area (Å²) in [5.74, 6) is -0.235. The lowest BCUT2D eigenvalue weighted by Gasteiger charge is -2.07. The zero-order chi connectivity index (χ0) is 14.7. The van der Waals surface area contributed by atoms with E-state index in [0.717, 1.165) is 11.1 Å². The second-order valence-electron chi connectivity index (χ2n) is 3.83. The average Bonchev–Trinajstić information content (AvgIpc) is 2.83. The molecule has 0 saturated carbocycles. The molecule has 1 amide bonds. The van der Waals surface area contributed by atoms with Crippen LogP contribution in [0.4, 0.5) is 16.6 Å². The third-order valence-electron chi connectivity index (χ3n) is 2.41. The van der Waals surface area contributed by atoms with E-state index >= 15 is 0 Å². The minimum absolute atomic E-state index is 0.0922. The molecule has 0 fully saturated rings. The quantitative estimate of drug-likeness (QED) is 0.659. The summed E-state index contributed by atoms with van der Waals surface area (Å²) in [6, 6.07) is 1.18. The number of amides is 1. The Morgan fingerprint density at radius 3 is 2.70 bits per heavy atom. The Morgan fingerprint density at radius 1 is 1.40 bits per heavy atom. The molecule has 0 atom stereocenters. The lowest BCUT2D eigenvalue weighted by Crippen LogP contribution is -2.15. The van der Waals surface area contributed by atoms with E-state index in [4.69, 9.17) is 0 Å². The Labute approximate surface area is 118 Å². The molecule has 0 bridgehead atoms. The van der Waals surface area contributed by atoms with E-state index in [0.29, 0.717) is 5.13 Å². The van der Waals surface area contributed by atoms with Crippen LogP contribution in [-0.4, -0.2) is 27.8 Å². The number of carbonyl (C=O) groups excluding carboxylic acids is 1. The summed E-state index contributed by atoms with van der Waals surface area (Å²) in [5, 5.41) is 16.5. The molecule has 2 rings (SSSR count). The number of thiazole rings is 1. The molecule has 0 radical (unpaired) electrons. The molecule has 0 aliphatic heterocycles. The molecule has 0 spiro atoms. The first-order valence-electron chi connectivity index (χ1n) is 5.57. The number of hydrogen-bond donors (Lipinski definition) is 2. The standard InChI is InChI=1S/C11H11N5O3S/c1-6-4-14-11(20-6)15-10(17)8-3-7(16(18)19)5-13-9(8)12-2/h3-5H,1-2H3,(H,12,13)(H,14,15,17). The van der Waals surface area contributed by atoms with E-state index in [2.05, 4.69) is 20.6 Å². The third-order valence-corrected chi connectivity index (χ3v) is 3.24. The molecule has 104 valence electrons. The Kier molecular flexibility index (Phi) is 3.89. The first-order chi connectivity index (χ1) is 9.51. The van der Waals surface area contributed by atoms with Crippen molar-refractivity contribution in [2.24, 2.45) is 0 Å². The van der Waals surface area contributed by atoms with Crippen LogP contribution in [0, 0.1) is 17.0 Å². The number of nitrogens with zero attached hydrogens (tertiary/aromatic N) is 3. The van der Waals surface area contributed by atoms with Gasteiger partial charge in [-0.2, -0.15) is 0 Å². The number of carbonyl (C=O) groups is 1. The highest BCUT2D eigenvalue weighted by molar-refractivity contribution is 7.15. The van der Waals surface area contributed by atoms with Crippen LogP contribution in [0.2, 0.25) is 0 Å². The molecule has 0 unspecified atom stereocenters. The predicted octanol–water partition coefficient (Wildman–Crippen LogP) is 2.05. The van der Waals surface area contributed by atoms with Gasteiger partial charge in [0.15, 0.2) is 5.13 Å². The normalized spacial score (nSPS) is 10.1. The van der Waals surface area contributed by atoms with Crippen molar-refractivity contribution in [3.63, 3.8) is 0 Å². The maximum Gasteiger partial charge on any atom is 0.288 e. The van der Waals surface area contributed by atoms with Crippen LogP contribution in [0.1, 0.15) is 15.2 Å². The van der Waals surface area contributed by atoms with Gasteiger partial charge in [-0.1, -0.05) is 0 Å². The van der Waals surface area contributed by atoms with E-state index in [-0.39, 0.29) is 17.1 Å². The number of pyridine rings is 1. The van der Waals surface area contributed by atoms with E-state index in [1.165, 1.54) is 17.4 Å². The maximum atomic E-state index is 12.1. The van der Waals surface area contributed by atoms with Crippen LogP contribution in [0.3, 0.4) is 0 Å². The summed E-state index contributed by atoms with van der Waals surface area (Å²) >= 11 is 1.32. The third kappa shape index (κ3) is 2.88. The van der Waals surface area contributed by atoms with Gasteiger partial charge in [-0.3, -0.25) is 20.2 Å². The van der Waals surface area contributed by atoms with Crippen LogP contribution in [0.25, 0.3) is 0 Å². The molecular weight excluding hydrogens is 282 g/mol. The summed E-state index contributed by atoms with van der Waals surface area (Å²) in [6.07, 6.45) is 2.72. The molecule has 20 heavy (non-hydrogen) atoms. The van der Waals surface area contributed by atoms with Gasteiger partial charge in [-0.05, 0) is 6.92 Å². The topological polar surface area (TPSA) is 110 Å². The molecule has 2 heterocycles. The predicted molar refractivity (Wildman–Crippen MR) is 75.2 cm³/mol. The van der Waals surface area contributed by atoms with Gasteiger partial charge >= 0.3 is 0 Å². The molecule has 0 aliphatic rings. The molecule has 0 aromatic carbocycles. The molecule has 2 aromatic rings. The van der Waals surface area contributed by atoms with E-state index in [1.807, 2.05) is 6.92 Å². The number of aromatic nitrogens is 2. The van der Waals surface area contributed by atoms with Gasteiger partial charge in [-0.15, -0.1) is 11.3 Å². The maximum absolute atomic E-state index is 12.1. The highest BCUT2D eigenvalue weighted by Crippen LogP contribution is 2.22. The van der Waals surface area contributed by atoms with Gasteiger partial charge in [0.05, 0.1) is 10.5 Å². The first kappa shape index (κ1) is 13.9. The van der Waals surface area contributed by atoms with Crippen LogP contribution < -0.4 is 10.6 Å². The van der Waals surface area contributed by atoms with Crippen LogP contribution >= 0.6 is 11.3 Å². The van der Waals surface area contributed by atoms with Crippen LogP contribution in [0.15, 0.2) is 18.5 Å². The Morgan fingerprint density at radius 2 is 2.15 bits per heavy atom. The van der Waals surface area contributed by atoms with E-state index < -0.39 is 10.8 Å². The molecule has 2 N–H and O–H groups in total. The number of anilines is 2. The SMILES string of the molecule is CNc1ncc([N+](=O)[O-])cc1C(=O)Nc1ncc(C)s1. The fourth-order valence-corrected chi connectivity index (χ4v) is 2.16. The second-order valence-corrected chi connectivity index (χ2v) is 5.06. The molecule has 0 aliphatic carbocycles. The monoisotopic (exact) mass is 293 g/mol. The molecular formula is C11H11N5O3S. The minimum atomic E-state index is -0.600. The summed E-state index contributed by atoms with van der Waals surface area (Å²) < 4.78 is 0. The van der Waals surface area contributed by atoms with Crippen molar-refractivity contribution in [3.05, 3.63) is 39.0 Å². The van der Waals surface area contributed by atoms with Crippen molar-refractivity contribution in [1.29, 1.82) is 0 Å². The minimum Gasteiger partial charge on any atom is -0.372 e. The summed E-state index contributed by atoms with van der Waals surface area (Å²) in [5.41, 5.74) is -0.154. The lowest BCUT2D eigenvalue weighted by molar-refractivity contribution is -0.385. The first-order valence-corrected chi connectivity index (χ1v) is 6.39. The fourth-order valence-electron chi connectivity index (χ4n) is 1.50. The second kappa shape index (κ2) is 5.61. The number of nitro groups is 1. The average molecular weight is 293 g/mol. The summed E-state index contributed by atoms with van der Waals surface area (Å²) in [7, 11) is 1.58. The van der Waals surface area contributed by atoms with Crippen LogP contribution in [-0.2, 0) is 0 Å². The lowest BCUT2D eigenvalue weighted by atomic mass is 10.2. The van der Waals surface area contributed by atoms with Gasteiger partial charge in [-0.25, -0.2) is 9.97 Å². The smallest absolute Gasteiger partial charge is 0.288 e. The zero-order valence-electron chi connectivity index (χ0n) is 10.7. The number of aryl methyl sites for hydroxylation is 1. The highest BCUT2D eigenvalue weighted by atomic mass is 32.1. The van der Waals surface area contributed by atoms with Crippen molar-refractivity contribution < 1.29 is 9.72 Å². The Balaban J connectivity index is 2.32. The van der Waals surface area contributed by atoms with Crippen molar-refractivity contribution in [2.45, 2.75) is 6.92 Å². The van der Waals surface area contributed by atoms with Crippen molar-refractivity contribution in [1.82, 2.24) is 9.97 Å². The Hall–Kier alpha value is -2.55. The van der Waals surface area contributed by atoms with Gasteiger partial charge in [0.2, 0.25) is 0 Å². The van der Waals surface area contributed by atoms with Gasteiger partial charge in [0.25, 0.3) is 11.6 Å². The van der Waals surface area contributed by atoms with E-state index in [1.54, 1.807) is 13.2 Å². The van der Waals surface area contributed by atoms with Crippen molar-refractivity contribution in [2.75, 3.05) is 17.7 Å². The van der Waals surface area contributed by atoms with Gasteiger partial charge in [0.1, 0.15) is 12.0 Å². The fraction of sp³-hybridized carbons (Fsp3) is 0.182. The Bertz CT molecular complexity index is 670. The molecule has 8 nitrogen and oxygen atoms in total. The zero-order valence-corrected chi connectivity index (χ0v) is 11.5. The van der Waals surface area contributed by atoms with Gasteiger partial charge < -0.3 is 5.32 Å². The number of hydrogen-bond acceptors (Lipinski definition) is 7. The van der Waals surface area contributed by atoms with E-state index in [9.17, 15) is 14.9 Å². The highest BCUT2D eigenvalue weighted by Gasteiger charge is 2.18. The number of rotatable bonds is 4. The summed E-state index contributed by atoms with van der Waals surface area (Å²) in [6.45, 7) is 1.86. The molecule has 2 aromatic heterocycles. The van der Waals surface area contributed by atoms with Crippen LogP contribution in [0.5, 0.6) is 0 Å². The largest absolute Gasteiger partial charge is 0.372 e. The molecule has 0 saturated heterocycles. The molecule has 9 heteroatoms. The van der Waals surface area contributed by atoms with Gasteiger partial charge in [0, 0.05) is 24.2 Å².